The first-order valence-corrected chi connectivity index (χ1v) is 4.09. The van der Waals surface area contributed by atoms with Crippen molar-refractivity contribution in [3.05, 3.63) is 0 Å². The van der Waals surface area contributed by atoms with E-state index in [1.165, 1.54) is 0 Å². The number of hydroxylamine groups is 2. The fraction of sp³-hybridized carbons (Fsp3) is 0.714. The molecule has 0 spiro atoms. The summed E-state index contributed by atoms with van der Waals surface area (Å²) in [6.07, 6.45) is -5.80. The van der Waals surface area contributed by atoms with Crippen molar-refractivity contribution in [3.8, 4) is 0 Å². The molecule has 6 nitrogen and oxygen atoms in total. The first-order valence-electron chi connectivity index (χ1n) is 4.09. The number of carbonyl (C=O) groups excluding carboxylic acids is 1. The average Bonchev–Trinajstić information content (AvgIpc) is 2.12. The summed E-state index contributed by atoms with van der Waals surface area (Å²) in [6.45, 7) is -1.92. The van der Waals surface area contributed by atoms with Gasteiger partial charge in [-0.1, -0.05) is 0 Å². The van der Waals surface area contributed by atoms with E-state index < -0.39 is 31.4 Å². The molecule has 0 aliphatic carbocycles. The van der Waals surface area contributed by atoms with Crippen molar-refractivity contribution in [1.29, 1.82) is 0 Å². The Balaban J connectivity index is 4.27. The van der Waals surface area contributed by atoms with E-state index in [1.54, 1.807) is 5.32 Å². The number of rotatable bonds is 6. The van der Waals surface area contributed by atoms with Gasteiger partial charge in [0.1, 0.15) is 18.9 Å². The molecule has 0 saturated heterocycles. The van der Waals surface area contributed by atoms with Gasteiger partial charge in [0.25, 0.3) is 0 Å². The maximum Gasteiger partial charge on any atom is 0.405 e. The molecular formula is C7H11F3N2O4. The van der Waals surface area contributed by atoms with Crippen molar-refractivity contribution in [2.75, 3.05) is 20.2 Å². The van der Waals surface area contributed by atoms with Crippen LogP contribution in [-0.2, 0) is 9.63 Å². The SMILES string of the molecule is CON(CC(C=O)NC(=O)O)CC(F)(F)F. The van der Waals surface area contributed by atoms with Gasteiger partial charge in [-0.15, -0.1) is 0 Å². The Hall–Kier alpha value is -1.35. The highest BCUT2D eigenvalue weighted by Gasteiger charge is 2.32. The molecule has 1 amide bonds. The maximum atomic E-state index is 12.0. The van der Waals surface area contributed by atoms with Crippen LogP contribution in [0.25, 0.3) is 0 Å². The van der Waals surface area contributed by atoms with Crippen molar-refractivity contribution in [2.24, 2.45) is 0 Å². The summed E-state index contributed by atoms with van der Waals surface area (Å²) >= 11 is 0. The van der Waals surface area contributed by atoms with Crippen LogP contribution in [0.3, 0.4) is 0 Å². The lowest BCUT2D eigenvalue weighted by atomic mass is 10.3. The molecule has 0 aromatic heterocycles. The third kappa shape index (κ3) is 7.01. The maximum absolute atomic E-state index is 12.0. The normalized spacial score (nSPS) is 13.6. The highest BCUT2D eigenvalue weighted by molar-refractivity contribution is 5.71. The minimum Gasteiger partial charge on any atom is -0.465 e. The van der Waals surface area contributed by atoms with Crippen LogP contribution >= 0.6 is 0 Å². The van der Waals surface area contributed by atoms with Crippen LogP contribution < -0.4 is 5.32 Å². The molecular weight excluding hydrogens is 233 g/mol. The summed E-state index contributed by atoms with van der Waals surface area (Å²) in [4.78, 5) is 24.9. The minimum atomic E-state index is -4.49. The molecule has 0 aliphatic rings. The quantitative estimate of drug-likeness (QED) is 0.517. The monoisotopic (exact) mass is 244 g/mol. The van der Waals surface area contributed by atoms with Crippen LogP contribution in [0, 0.1) is 0 Å². The molecule has 0 aliphatic heterocycles. The summed E-state index contributed by atoms with van der Waals surface area (Å²) < 4.78 is 35.9. The van der Waals surface area contributed by atoms with E-state index in [9.17, 15) is 22.8 Å². The molecule has 16 heavy (non-hydrogen) atoms. The molecule has 0 saturated carbocycles. The molecule has 1 atom stereocenters. The molecule has 0 radical (unpaired) electrons. The number of carboxylic acid groups (broad SMARTS) is 1. The van der Waals surface area contributed by atoms with Crippen molar-refractivity contribution in [3.63, 3.8) is 0 Å². The van der Waals surface area contributed by atoms with Crippen molar-refractivity contribution in [2.45, 2.75) is 12.2 Å². The highest BCUT2D eigenvalue weighted by atomic mass is 19.4. The van der Waals surface area contributed by atoms with Crippen LogP contribution in [0.4, 0.5) is 18.0 Å². The topological polar surface area (TPSA) is 78.9 Å². The van der Waals surface area contributed by atoms with Gasteiger partial charge in [-0.25, -0.2) is 4.79 Å². The summed E-state index contributed by atoms with van der Waals surface area (Å²) in [5.74, 6) is 0. The molecule has 2 N–H and O–H groups in total. The number of nitrogens with zero attached hydrogens (tertiary/aromatic N) is 1. The Morgan fingerprint density at radius 1 is 1.62 bits per heavy atom. The standard InChI is InChI=1S/C7H11F3N2O4/c1-16-12(4-7(8,9)10)2-5(3-13)11-6(14)15/h3,5,11H,2,4H2,1H3,(H,14,15). The first kappa shape index (κ1) is 14.6. The molecule has 0 bridgehead atoms. The van der Waals surface area contributed by atoms with E-state index in [4.69, 9.17) is 5.11 Å². The zero-order valence-electron chi connectivity index (χ0n) is 8.32. The number of carbonyl (C=O) groups is 2. The smallest absolute Gasteiger partial charge is 0.405 e. The number of amides is 1. The van der Waals surface area contributed by atoms with Gasteiger partial charge in [-0.3, -0.25) is 0 Å². The number of nitrogens with one attached hydrogen (secondary N) is 1. The van der Waals surface area contributed by atoms with Gasteiger partial charge in [0.05, 0.1) is 13.7 Å². The van der Waals surface area contributed by atoms with E-state index in [2.05, 4.69) is 4.84 Å². The lowest BCUT2D eigenvalue weighted by molar-refractivity contribution is -0.224. The van der Waals surface area contributed by atoms with E-state index in [0.29, 0.717) is 5.06 Å². The first-order chi connectivity index (χ1) is 7.28. The van der Waals surface area contributed by atoms with Gasteiger partial charge >= 0.3 is 12.3 Å². The minimum absolute atomic E-state index is 0.191. The number of aldehydes is 1. The Morgan fingerprint density at radius 2 is 2.19 bits per heavy atom. The Bertz CT molecular complexity index is 246. The summed E-state index contributed by atoms with van der Waals surface area (Å²) in [6, 6.07) is -1.28. The van der Waals surface area contributed by atoms with E-state index in [0.717, 1.165) is 7.11 Å². The molecule has 0 rings (SSSR count). The van der Waals surface area contributed by atoms with Crippen molar-refractivity contribution in [1.82, 2.24) is 10.4 Å². The van der Waals surface area contributed by atoms with Gasteiger partial charge < -0.3 is 20.1 Å². The Morgan fingerprint density at radius 3 is 2.50 bits per heavy atom. The predicted octanol–water partition coefficient (Wildman–Crippen LogP) is 0.247. The summed E-state index contributed by atoms with van der Waals surface area (Å²) in [5, 5.41) is 10.5. The molecule has 94 valence electrons. The van der Waals surface area contributed by atoms with E-state index in [1.807, 2.05) is 0 Å². The molecule has 0 aromatic rings. The third-order valence-electron chi connectivity index (χ3n) is 1.49. The van der Waals surface area contributed by atoms with Gasteiger partial charge in [0, 0.05) is 0 Å². The van der Waals surface area contributed by atoms with Crippen LogP contribution in [0.5, 0.6) is 0 Å². The number of halogens is 3. The van der Waals surface area contributed by atoms with Crippen LogP contribution in [-0.4, -0.2) is 55.0 Å². The van der Waals surface area contributed by atoms with E-state index >= 15 is 0 Å². The van der Waals surface area contributed by atoms with Crippen LogP contribution in [0.1, 0.15) is 0 Å². The number of hydrogen-bond donors (Lipinski definition) is 2. The van der Waals surface area contributed by atoms with Gasteiger partial charge in [-0.2, -0.15) is 18.2 Å². The van der Waals surface area contributed by atoms with E-state index in [-0.39, 0.29) is 6.29 Å². The fourth-order valence-corrected chi connectivity index (χ4v) is 0.904. The number of alkyl halides is 3. The molecule has 1 unspecified atom stereocenters. The Labute approximate surface area is 88.9 Å². The largest absolute Gasteiger partial charge is 0.465 e. The van der Waals surface area contributed by atoms with Crippen LogP contribution in [0.2, 0.25) is 0 Å². The zero-order chi connectivity index (χ0) is 12.8. The lowest BCUT2D eigenvalue weighted by Gasteiger charge is -2.23. The summed E-state index contributed by atoms with van der Waals surface area (Å²) in [7, 11) is 0.994. The van der Waals surface area contributed by atoms with Crippen LogP contribution in [0.15, 0.2) is 0 Å². The van der Waals surface area contributed by atoms with Crippen molar-refractivity contribution < 1.29 is 32.7 Å². The molecule has 9 heteroatoms. The molecule has 0 aromatic carbocycles. The van der Waals surface area contributed by atoms with Crippen molar-refractivity contribution >= 4 is 12.4 Å². The zero-order valence-corrected chi connectivity index (χ0v) is 8.32. The average molecular weight is 244 g/mol. The second-order valence-electron chi connectivity index (χ2n) is 2.81. The highest BCUT2D eigenvalue weighted by Crippen LogP contribution is 2.16. The fourth-order valence-electron chi connectivity index (χ4n) is 0.904. The number of hydrogen-bond acceptors (Lipinski definition) is 4. The second kappa shape index (κ2) is 6.28. The van der Waals surface area contributed by atoms with Gasteiger partial charge in [0.2, 0.25) is 0 Å². The third-order valence-corrected chi connectivity index (χ3v) is 1.49. The van der Waals surface area contributed by atoms with Gasteiger partial charge in [-0.05, 0) is 0 Å². The second-order valence-corrected chi connectivity index (χ2v) is 2.81. The van der Waals surface area contributed by atoms with Gasteiger partial charge in [0.15, 0.2) is 0 Å². The summed E-state index contributed by atoms with van der Waals surface area (Å²) in [5.41, 5.74) is 0. The molecule has 0 fully saturated rings. The molecule has 0 heterocycles. The predicted molar refractivity (Wildman–Crippen MR) is 45.6 cm³/mol. The lowest BCUT2D eigenvalue weighted by Crippen LogP contribution is -2.46. The Kier molecular flexibility index (Phi) is 5.75.